The summed E-state index contributed by atoms with van der Waals surface area (Å²) in [6.07, 6.45) is 3.38. The molecule has 0 spiro atoms. The van der Waals surface area contributed by atoms with Crippen molar-refractivity contribution in [3.05, 3.63) is 24.3 Å². The first-order chi connectivity index (χ1) is 13.4. The number of thioether (sulfide) groups is 1. The zero-order chi connectivity index (χ0) is 20.3. The third kappa shape index (κ3) is 4.35. The summed E-state index contributed by atoms with van der Waals surface area (Å²) >= 11 is 1.48. The van der Waals surface area contributed by atoms with E-state index in [-0.39, 0.29) is 11.9 Å². The Balaban J connectivity index is 1.77. The number of benzene rings is 1. The van der Waals surface area contributed by atoms with Crippen LogP contribution in [0.1, 0.15) is 53.0 Å². The van der Waals surface area contributed by atoms with Crippen LogP contribution in [0.25, 0.3) is 11.4 Å². The second kappa shape index (κ2) is 8.99. The fourth-order valence-electron chi connectivity index (χ4n) is 3.89. The summed E-state index contributed by atoms with van der Waals surface area (Å²) in [5, 5.41) is 9.58. The number of carbonyl (C=O) groups excluding carboxylic acids is 1. The number of amides is 1. The molecule has 1 aromatic heterocycles. The van der Waals surface area contributed by atoms with E-state index >= 15 is 0 Å². The molecule has 1 aromatic carbocycles. The third-order valence-electron chi connectivity index (χ3n) is 5.34. The zero-order valence-corrected chi connectivity index (χ0v) is 18.2. The molecule has 7 heteroatoms. The predicted octanol–water partition coefficient (Wildman–Crippen LogP) is 4.42. The van der Waals surface area contributed by atoms with Gasteiger partial charge in [-0.1, -0.05) is 11.8 Å². The lowest BCUT2D eigenvalue weighted by molar-refractivity contribution is -0.134. The molecule has 1 aliphatic heterocycles. The van der Waals surface area contributed by atoms with E-state index in [0.717, 1.165) is 35.1 Å². The van der Waals surface area contributed by atoms with Gasteiger partial charge in [-0.15, -0.1) is 10.2 Å². The number of nitrogens with zero attached hydrogens (tertiary/aromatic N) is 4. The molecular formula is C21H30N4O2S. The highest BCUT2D eigenvalue weighted by Gasteiger charge is 2.29. The van der Waals surface area contributed by atoms with Crippen LogP contribution in [0.15, 0.2) is 29.4 Å². The van der Waals surface area contributed by atoms with Crippen LogP contribution in [-0.4, -0.2) is 50.5 Å². The lowest BCUT2D eigenvalue weighted by Gasteiger charge is -2.39. The van der Waals surface area contributed by atoms with Gasteiger partial charge in [0.2, 0.25) is 5.91 Å². The topological polar surface area (TPSA) is 60.3 Å². The molecule has 0 unspecified atom stereocenters. The third-order valence-corrected chi connectivity index (χ3v) is 6.26. The van der Waals surface area contributed by atoms with Crippen LogP contribution in [0.3, 0.4) is 0 Å². The van der Waals surface area contributed by atoms with Crippen LogP contribution >= 0.6 is 11.8 Å². The summed E-state index contributed by atoms with van der Waals surface area (Å²) in [7, 11) is 1.65. The summed E-state index contributed by atoms with van der Waals surface area (Å²) in [6.45, 7) is 8.52. The number of carbonyl (C=O) groups is 1. The normalized spacial score (nSPS) is 19.9. The first-order valence-electron chi connectivity index (χ1n) is 9.95. The van der Waals surface area contributed by atoms with Crippen LogP contribution in [0.5, 0.6) is 5.75 Å². The van der Waals surface area contributed by atoms with Crippen LogP contribution in [0, 0.1) is 0 Å². The molecule has 2 aromatic rings. The molecule has 0 bridgehead atoms. The van der Waals surface area contributed by atoms with E-state index < -0.39 is 0 Å². The average Bonchev–Trinajstić information content (AvgIpc) is 3.10. The van der Waals surface area contributed by atoms with Crippen molar-refractivity contribution in [3.8, 4) is 17.1 Å². The van der Waals surface area contributed by atoms with Crippen LogP contribution in [0.4, 0.5) is 0 Å². The van der Waals surface area contributed by atoms with Gasteiger partial charge in [0.25, 0.3) is 0 Å². The molecule has 1 amide bonds. The van der Waals surface area contributed by atoms with Crippen molar-refractivity contribution in [1.29, 1.82) is 0 Å². The van der Waals surface area contributed by atoms with Crippen LogP contribution < -0.4 is 4.74 Å². The molecule has 0 saturated carbocycles. The molecular weight excluding hydrogens is 372 g/mol. The predicted molar refractivity (Wildman–Crippen MR) is 113 cm³/mol. The van der Waals surface area contributed by atoms with Gasteiger partial charge >= 0.3 is 0 Å². The Morgan fingerprint density at radius 1 is 1.18 bits per heavy atom. The molecule has 2 atom stereocenters. The number of piperidine rings is 1. The van der Waals surface area contributed by atoms with E-state index in [1.54, 1.807) is 7.11 Å². The number of hydrogen-bond acceptors (Lipinski definition) is 5. The second-order valence-corrected chi connectivity index (χ2v) is 8.66. The fourth-order valence-corrected chi connectivity index (χ4v) is 4.83. The first kappa shape index (κ1) is 20.7. The average molecular weight is 403 g/mol. The highest BCUT2D eigenvalue weighted by Crippen LogP contribution is 2.30. The Morgan fingerprint density at radius 2 is 1.82 bits per heavy atom. The van der Waals surface area contributed by atoms with Gasteiger partial charge in [0.15, 0.2) is 11.0 Å². The van der Waals surface area contributed by atoms with Gasteiger partial charge in [0.05, 0.1) is 12.9 Å². The van der Waals surface area contributed by atoms with Crippen LogP contribution in [-0.2, 0) is 4.79 Å². The Kier molecular flexibility index (Phi) is 6.65. The molecule has 6 nitrogen and oxygen atoms in total. The van der Waals surface area contributed by atoms with E-state index in [4.69, 9.17) is 4.74 Å². The molecule has 0 N–H and O–H groups in total. The molecule has 1 aliphatic rings. The second-order valence-electron chi connectivity index (χ2n) is 7.72. The lowest BCUT2D eigenvalue weighted by Crippen LogP contribution is -2.48. The largest absolute Gasteiger partial charge is 0.497 e. The number of rotatable bonds is 6. The summed E-state index contributed by atoms with van der Waals surface area (Å²) in [6, 6.07) is 8.63. The maximum absolute atomic E-state index is 12.9. The van der Waals surface area contributed by atoms with Gasteiger partial charge < -0.3 is 9.64 Å². The van der Waals surface area contributed by atoms with Gasteiger partial charge in [-0.3, -0.25) is 9.36 Å². The number of hydrogen-bond donors (Lipinski definition) is 0. The van der Waals surface area contributed by atoms with Gasteiger partial charge in [-0.2, -0.15) is 0 Å². The van der Waals surface area contributed by atoms with E-state index in [0.29, 0.717) is 17.8 Å². The van der Waals surface area contributed by atoms with Gasteiger partial charge in [0, 0.05) is 23.7 Å². The molecule has 2 heterocycles. The Labute approximate surface area is 171 Å². The van der Waals surface area contributed by atoms with Crippen molar-refractivity contribution in [3.63, 3.8) is 0 Å². The number of methoxy groups -OCH3 is 1. The van der Waals surface area contributed by atoms with Crippen molar-refractivity contribution >= 4 is 17.7 Å². The summed E-state index contributed by atoms with van der Waals surface area (Å²) in [4.78, 5) is 14.9. The summed E-state index contributed by atoms with van der Waals surface area (Å²) in [5.74, 6) is 2.20. The minimum absolute atomic E-state index is 0.189. The quantitative estimate of drug-likeness (QED) is 0.670. The SMILES string of the molecule is COc1ccc(-c2nnc(SCC(=O)N3[C@H](C)CCC[C@H]3C)n2C(C)C)cc1. The van der Waals surface area contributed by atoms with Crippen molar-refractivity contribution in [2.75, 3.05) is 12.9 Å². The summed E-state index contributed by atoms with van der Waals surface area (Å²) in [5.41, 5.74) is 0.985. The number of ether oxygens (including phenoxy) is 1. The maximum Gasteiger partial charge on any atom is 0.233 e. The number of likely N-dealkylation sites (tertiary alicyclic amines) is 1. The standard InChI is InChI=1S/C21H30N4O2S/c1-14(2)24-20(17-9-11-18(27-5)12-10-17)22-23-21(24)28-13-19(26)25-15(3)7-6-8-16(25)4/h9-12,14-16H,6-8,13H2,1-5H3/t15-,16-/m1/s1. The van der Waals surface area contributed by atoms with Crippen molar-refractivity contribution < 1.29 is 9.53 Å². The van der Waals surface area contributed by atoms with Crippen molar-refractivity contribution in [1.82, 2.24) is 19.7 Å². The number of aromatic nitrogens is 3. The molecule has 1 saturated heterocycles. The van der Waals surface area contributed by atoms with Crippen molar-refractivity contribution in [2.45, 2.75) is 70.2 Å². The van der Waals surface area contributed by atoms with Crippen LogP contribution in [0.2, 0.25) is 0 Å². The Hall–Kier alpha value is -2.02. The van der Waals surface area contributed by atoms with E-state index in [9.17, 15) is 4.79 Å². The molecule has 28 heavy (non-hydrogen) atoms. The monoisotopic (exact) mass is 402 g/mol. The Bertz CT molecular complexity index is 793. The van der Waals surface area contributed by atoms with Gasteiger partial charge in [-0.05, 0) is 71.2 Å². The molecule has 0 aliphatic carbocycles. The molecule has 3 rings (SSSR count). The minimum atomic E-state index is 0.189. The smallest absolute Gasteiger partial charge is 0.233 e. The minimum Gasteiger partial charge on any atom is -0.497 e. The van der Waals surface area contributed by atoms with E-state index in [1.165, 1.54) is 18.2 Å². The zero-order valence-electron chi connectivity index (χ0n) is 17.4. The molecule has 1 fully saturated rings. The van der Waals surface area contributed by atoms with Gasteiger partial charge in [0.1, 0.15) is 5.75 Å². The van der Waals surface area contributed by atoms with Crippen molar-refractivity contribution in [2.24, 2.45) is 0 Å². The molecule has 152 valence electrons. The highest BCUT2D eigenvalue weighted by molar-refractivity contribution is 7.99. The summed E-state index contributed by atoms with van der Waals surface area (Å²) < 4.78 is 7.34. The molecule has 0 radical (unpaired) electrons. The van der Waals surface area contributed by atoms with E-state index in [2.05, 4.69) is 47.4 Å². The lowest BCUT2D eigenvalue weighted by atomic mass is 9.98. The van der Waals surface area contributed by atoms with E-state index in [1.807, 2.05) is 24.3 Å². The highest BCUT2D eigenvalue weighted by atomic mass is 32.2. The maximum atomic E-state index is 12.9. The fraction of sp³-hybridized carbons (Fsp3) is 0.571. The first-order valence-corrected chi connectivity index (χ1v) is 10.9. The Morgan fingerprint density at radius 3 is 2.39 bits per heavy atom. The van der Waals surface area contributed by atoms with Gasteiger partial charge in [-0.25, -0.2) is 0 Å².